The lowest BCUT2D eigenvalue weighted by atomic mass is 10.4. The van der Waals surface area contributed by atoms with Crippen LogP contribution < -0.4 is 10.6 Å². The molecule has 2 heterocycles. The quantitative estimate of drug-likeness (QED) is 0.886. The zero-order valence-corrected chi connectivity index (χ0v) is 10.4. The molecule has 0 atom stereocenters. The minimum atomic E-state index is -0.522. The molecule has 0 aromatic carbocycles. The van der Waals surface area contributed by atoms with Crippen molar-refractivity contribution in [3.63, 3.8) is 0 Å². The smallest absolute Gasteiger partial charge is 0.269 e. The van der Waals surface area contributed by atoms with Gasteiger partial charge < -0.3 is 10.6 Å². The maximum Gasteiger partial charge on any atom is 0.269 e. The predicted octanol–water partition coefficient (Wildman–Crippen LogP) is 1.23. The number of amides is 1. The van der Waals surface area contributed by atoms with Crippen molar-refractivity contribution in [3.05, 3.63) is 23.3 Å². The van der Waals surface area contributed by atoms with Gasteiger partial charge in [0.2, 0.25) is 0 Å². The minimum absolute atomic E-state index is 0.269. The zero-order valence-electron chi connectivity index (χ0n) is 9.62. The molecule has 0 spiro atoms. The summed E-state index contributed by atoms with van der Waals surface area (Å²) in [6, 6.07) is 1.67. The molecule has 2 aromatic heterocycles. The van der Waals surface area contributed by atoms with Crippen molar-refractivity contribution in [2.45, 2.75) is 13.5 Å². The molecule has 7 heteroatoms. The van der Waals surface area contributed by atoms with Gasteiger partial charge in [-0.05, 0) is 6.92 Å². The van der Waals surface area contributed by atoms with Crippen molar-refractivity contribution in [3.8, 4) is 0 Å². The van der Waals surface area contributed by atoms with E-state index in [0.29, 0.717) is 6.54 Å². The highest BCUT2D eigenvalue weighted by Gasteiger charge is 2.16. The van der Waals surface area contributed by atoms with E-state index in [2.05, 4.69) is 10.1 Å². The number of rotatable bonds is 4. The third-order valence-electron chi connectivity index (χ3n) is 2.36. The normalized spacial score (nSPS) is 10.5. The monoisotopic (exact) mass is 251 g/mol. The molecule has 0 aliphatic heterocycles. The lowest BCUT2D eigenvalue weighted by Crippen LogP contribution is -2.14. The van der Waals surface area contributed by atoms with Gasteiger partial charge in [0, 0.05) is 31.2 Å². The second kappa shape index (κ2) is 4.54. The summed E-state index contributed by atoms with van der Waals surface area (Å²) in [5.41, 5.74) is 5.49. The van der Waals surface area contributed by atoms with Crippen LogP contribution in [0.5, 0.6) is 0 Å². The zero-order chi connectivity index (χ0) is 12.4. The van der Waals surface area contributed by atoms with Crippen molar-refractivity contribution in [2.24, 2.45) is 5.73 Å². The predicted molar refractivity (Wildman–Crippen MR) is 66.6 cm³/mol. The second-order valence-electron chi connectivity index (χ2n) is 3.44. The first-order chi connectivity index (χ1) is 8.13. The van der Waals surface area contributed by atoms with E-state index in [1.165, 1.54) is 11.3 Å². The SMILES string of the molecule is CCn1nc(C(N)=O)cc1N(C)c1nccs1. The van der Waals surface area contributed by atoms with E-state index in [1.54, 1.807) is 16.9 Å². The van der Waals surface area contributed by atoms with Crippen LogP contribution in [-0.2, 0) is 6.54 Å². The third kappa shape index (κ3) is 2.14. The van der Waals surface area contributed by atoms with Crippen LogP contribution in [0.1, 0.15) is 17.4 Å². The number of aryl methyl sites for hydroxylation is 1. The highest BCUT2D eigenvalue weighted by atomic mass is 32.1. The average Bonchev–Trinajstić information content (AvgIpc) is 2.97. The first-order valence-corrected chi connectivity index (χ1v) is 6.02. The lowest BCUT2D eigenvalue weighted by molar-refractivity contribution is 0.0995. The molecule has 2 N–H and O–H groups in total. The summed E-state index contributed by atoms with van der Waals surface area (Å²) in [6.07, 6.45) is 1.73. The van der Waals surface area contributed by atoms with Gasteiger partial charge in [0.25, 0.3) is 5.91 Å². The van der Waals surface area contributed by atoms with E-state index in [0.717, 1.165) is 10.9 Å². The third-order valence-corrected chi connectivity index (χ3v) is 3.21. The van der Waals surface area contributed by atoms with E-state index < -0.39 is 5.91 Å². The topological polar surface area (TPSA) is 77.0 Å². The van der Waals surface area contributed by atoms with E-state index in [9.17, 15) is 4.79 Å². The molecular weight excluding hydrogens is 238 g/mol. The van der Waals surface area contributed by atoms with Gasteiger partial charge >= 0.3 is 0 Å². The molecule has 2 rings (SSSR count). The summed E-state index contributed by atoms with van der Waals surface area (Å²) < 4.78 is 1.72. The molecule has 0 bridgehead atoms. The average molecular weight is 251 g/mol. The Kier molecular flexibility index (Phi) is 3.10. The number of hydrogen-bond acceptors (Lipinski definition) is 5. The van der Waals surface area contributed by atoms with Crippen molar-refractivity contribution in [1.82, 2.24) is 14.8 Å². The Balaban J connectivity index is 2.40. The number of carbonyl (C=O) groups is 1. The van der Waals surface area contributed by atoms with Crippen LogP contribution in [0.15, 0.2) is 17.6 Å². The molecule has 1 amide bonds. The van der Waals surface area contributed by atoms with Gasteiger partial charge in [-0.2, -0.15) is 5.10 Å². The first-order valence-electron chi connectivity index (χ1n) is 5.14. The van der Waals surface area contributed by atoms with Crippen LogP contribution in [0.3, 0.4) is 0 Å². The van der Waals surface area contributed by atoms with Gasteiger partial charge in [-0.25, -0.2) is 9.67 Å². The second-order valence-corrected chi connectivity index (χ2v) is 4.31. The van der Waals surface area contributed by atoms with Gasteiger partial charge in [0.05, 0.1) is 0 Å². The molecule has 0 aliphatic carbocycles. The van der Waals surface area contributed by atoms with E-state index in [-0.39, 0.29) is 5.69 Å². The van der Waals surface area contributed by atoms with Gasteiger partial charge in [-0.15, -0.1) is 11.3 Å². The highest BCUT2D eigenvalue weighted by molar-refractivity contribution is 7.13. The summed E-state index contributed by atoms with van der Waals surface area (Å²) in [5.74, 6) is 0.280. The first kappa shape index (κ1) is 11.6. The molecule has 6 nitrogen and oxygen atoms in total. The van der Waals surface area contributed by atoms with E-state index in [1.807, 2.05) is 24.3 Å². The van der Waals surface area contributed by atoms with E-state index >= 15 is 0 Å². The van der Waals surface area contributed by atoms with Crippen molar-refractivity contribution in [2.75, 3.05) is 11.9 Å². The van der Waals surface area contributed by atoms with E-state index in [4.69, 9.17) is 5.73 Å². The fourth-order valence-electron chi connectivity index (χ4n) is 1.51. The molecule has 2 aromatic rings. The van der Waals surface area contributed by atoms with Crippen LogP contribution in [-0.4, -0.2) is 27.7 Å². The Labute approximate surface area is 103 Å². The maximum absolute atomic E-state index is 11.1. The number of primary amides is 1. The molecule has 0 fully saturated rings. The summed E-state index contributed by atoms with van der Waals surface area (Å²) in [5, 5.41) is 6.88. The Morgan fingerprint density at radius 3 is 2.94 bits per heavy atom. The van der Waals surface area contributed by atoms with Gasteiger partial charge in [0.15, 0.2) is 10.8 Å². The van der Waals surface area contributed by atoms with Crippen molar-refractivity contribution in [1.29, 1.82) is 0 Å². The Hall–Kier alpha value is -1.89. The molecule has 17 heavy (non-hydrogen) atoms. The molecule has 0 aliphatic rings. The maximum atomic E-state index is 11.1. The van der Waals surface area contributed by atoms with Crippen LogP contribution >= 0.6 is 11.3 Å². The fraction of sp³-hybridized carbons (Fsp3) is 0.300. The van der Waals surface area contributed by atoms with Crippen LogP contribution in [0.2, 0.25) is 0 Å². The van der Waals surface area contributed by atoms with Gasteiger partial charge in [-0.1, -0.05) is 0 Å². The Morgan fingerprint density at radius 1 is 1.65 bits per heavy atom. The van der Waals surface area contributed by atoms with Crippen LogP contribution in [0, 0.1) is 0 Å². The molecule has 0 unspecified atom stereocenters. The largest absolute Gasteiger partial charge is 0.364 e. The van der Waals surface area contributed by atoms with Crippen molar-refractivity contribution >= 4 is 28.2 Å². The minimum Gasteiger partial charge on any atom is -0.364 e. The van der Waals surface area contributed by atoms with Crippen molar-refractivity contribution < 1.29 is 4.79 Å². The molecule has 90 valence electrons. The van der Waals surface area contributed by atoms with Gasteiger partial charge in [0.1, 0.15) is 5.82 Å². The number of carbonyl (C=O) groups excluding carboxylic acids is 1. The van der Waals surface area contributed by atoms with Crippen LogP contribution in [0.4, 0.5) is 10.9 Å². The number of nitrogens with zero attached hydrogens (tertiary/aromatic N) is 4. The van der Waals surface area contributed by atoms with Gasteiger partial charge in [-0.3, -0.25) is 4.79 Å². The number of hydrogen-bond donors (Lipinski definition) is 1. The standard InChI is InChI=1S/C10H13N5OS/c1-3-15-8(6-7(13-15)9(11)16)14(2)10-12-4-5-17-10/h4-6H,3H2,1-2H3,(H2,11,16). The molecule has 0 saturated heterocycles. The Bertz CT molecular complexity index is 519. The summed E-state index contributed by atoms with van der Waals surface area (Å²) in [6.45, 7) is 2.62. The number of thiazole rings is 1. The Morgan fingerprint density at radius 2 is 2.41 bits per heavy atom. The number of aromatic nitrogens is 3. The highest BCUT2D eigenvalue weighted by Crippen LogP contribution is 2.25. The summed E-state index contributed by atoms with van der Waals surface area (Å²) in [7, 11) is 1.88. The number of nitrogens with two attached hydrogens (primary N) is 1. The molecule has 0 radical (unpaired) electrons. The number of anilines is 2. The lowest BCUT2D eigenvalue weighted by Gasteiger charge is -2.16. The van der Waals surface area contributed by atoms with Crippen LogP contribution in [0.25, 0.3) is 0 Å². The fourth-order valence-corrected chi connectivity index (χ4v) is 2.13. The molecule has 0 saturated carbocycles. The molecular formula is C10H13N5OS. The summed E-state index contributed by atoms with van der Waals surface area (Å²) in [4.78, 5) is 17.2. The summed E-state index contributed by atoms with van der Waals surface area (Å²) >= 11 is 1.52.